The third-order valence-electron chi connectivity index (χ3n) is 2.50. The van der Waals surface area contributed by atoms with E-state index in [2.05, 4.69) is 5.32 Å². The molecular formula is C13H17ClF3NO2. The van der Waals surface area contributed by atoms with E-state index in [0.29, 0.717) is 19.8 Å². The van der Waals surface area contributed by atoms with E-state index in [-0.39, 0.29) is 17.3 Å². The quantitative estimate of drug-likeness (QED) is 0.740. The summed E-state index contributed by atoms with van der Waals surface area (Å²) >= 11 is 5.80. The molecule has 1 aromatic rings. The summed E-state index contributed by atoms with van der Waals surface area (Å²) < 4.78 is 48.5. The molecule has 20 heavy (non-hydrogen) atoms. The molecule has 0 heterocycles. The molecule has 114 valence electrons. The van der Waals surface area contributed by atoms with Crippen molar-refractivity contribution in [3.8, 4) is 0 Å². The zero-order valence-electron chi connectivity index (χ0n) is 11.1. The summed E-state index contributed by atoms with van der Waals surface area (Å²) in [6.45, 7) is 1.65. The Balaban J connectivity index is 2.47. The molecular weight excluding hydrogens is 295 g/mol. The Morgan fingerprint density at radius 3 is 2.60 bits per heavy atom. The fourth-order valence-electron chi connectivity index (χ4n) is 1.60. The third-order valence-corrected chi connectivity index (χ3v) is 2.82. The van der Waals surface area contributed by atoms with Crippen LogP contribution in [-0.4, -0.2) is 33.5 Å². The molecule has 0 spiro atoms. The van der Waals surface area contributed by atoms with E-state index in [0.717, 1.165) is 12.5 Å². The van der Waals surface area contributed by atoms with E-state index in [9.17, 15) is 13.2 Å². The summed E-state index contributed by atoms with van der Waals surface area (Å²) in [5.41, 5.74) is -0.883. The SMILES string of the molecule is COCCCOCCNc1c(Cl)cccc1C(F)(F)F. The monoisotopic (exact) mass is 311 g/mol. The second kappa shape index (κ2) is 8.34. The molecule has 0 radical (unpaired) electrons. The van der Waals surface area contributed by atoms with Gasteiger partial charge in [0.2, 0.25) is 0 Å². The molecule has 0 aliphatic rings. The first kappa shape index (κ1) is 17.1. The van der Waals surface area contributed by atoms with Crippen LogP contribution in [0.4, 0.5) is 18.9 Å². The van der Waals surface area contributed by atoms with Crippen molar-refractivity contribution in [3.63, 3.8) is 0 Å². The van der Waals surface area contributed by atoms with E-state index in [1.54, 1.807) is 7.11 Å². The molecule has 0 saturated heterocycles. The van der Waals surface area contributed by atoms with Crippen LogP contribution in [-0.2, 0) is 15.7 Å². The van der Waals surface area contributed by atoms with Gasteiger partial charge in [-0.15, -0.1) is 0 Å². The van der Waals surface area contributed by atoms with E-state index < -0.39 is 11.7 Å². The molecule has 0 aliphatic carbocycles. The van der Waals surface area contributed by atoms with Crippen LogP contribution in [0.5, 0.6) is 0 Å². The summed E-state index contributed by atoms with van der Waals surface area (Å²) in [6.07, 6.45) is -3.69. The Labute approximate surface area is 121 Å². The number of rotatable bonds is 8. The largest absolute Gasteiger partial charge is 0.418 e. The topological polar surface area (TPSA) is 30.5 Å². The fraction of sp³-hybridized carbons (Fsp3) is 0.538. The number of hydrogen-bond acceptors (Lipinski definition) is 3. The lowest BCUT2D eigenvalue weighted by Crippen LogP contribution is -2.15. The maximum absolute atomic E-state index is 12.8. The third kappa shape index (κ3) is 5.56. The number of anilines is 1. The van der Waals surface area contributed by atoms with Crippen molar-refractivity contribution in [2.45, 2.75) is 12.6 Å². The van der Waals surface area contributed by atoms with Crippen LogP contribution < -0.4 is 5.32 Å². The van der Waals surface area contributed by atoms with Crippen LogP contribution in [0.25, 0.3) is 0 Å². The van der Waals surface area contributed by atoms with Crippen molar-refractivity contribution >= 4 is 17.3 Å². The second-order valence-electron chi connectivity index (χ2n) is 4.05. The van der Waals surface area contributed by atoms with Crippen LogP contribution in [0, 0.1) is 0 Å². The van der Waals surface area contributed by atoms with Gasteiger partial charge in [0.05, 0.1) is 22.9 Å². The maximum Gasteiger partial charge on any atom is 0.418 e. The van der Waals surface area contributed by atoms with Crippen molar-refractivity contribution < 1.29 is 22.6 Å². The van der Waals surface area contributed by atoms with Crippen LogP contribution in [0.2, 0.25) is 5.02 Å². The predicted octanol–water partition coefficient (Wildman–Crippen LogP) is 3.82. The Morgan fingerprint density at radius 1 is 1.20 bits per heavy atom. The molecule has 0 unspecified atom stereocenters. The zero-order chi connectivity index (χ0) is 15.0. The minimum Gasteiger partial charge on any atom is -0.385 e. The molecule has 0 fully saturated rings. The fourth-order valence-corrected chi connectivity index (χ4v) is 1.84. The van der Waals surface area contributed by atoms with Crippen LogP contribution in [0.1, 0.15) is 12.0 Å². The van der Waals surface area contributed by atoms with E-state index in [4.69, 9.17) is 21.1 Å². The van der Waals surface area contributed by atoms with Gasteiger partial charge < -0.3 is 14.8 Å². The first-order chi connectivity index (χ1) is 9.46. The van der Waals surface area contributed by atoms with Gasteiger partial charge in [0.25, 0.3) is 0 Å². The van der Waals surface area contributed by atoms with Gasteiger partial charge >= 0.3 is 6.18 Å². The highest BCUT2D eigenvalue weighted by Gasteiger charge is 2.34. The highest BCUT2D eigenvalue weighted by Crippen LogP contribution is 2.38. The van der Waals surface area contributed by atoms with E-state index >= 15 is 0 Å². The van der Waals surface area contributed by atoms with Crippen molar-refractivity contribution in [1.82, 2.24) is 0 Å². The van der Waals surface area contributed by atoms with Gasteiger partial charge in [0.15, 0.2) is 0 Å². The molecule has 3 nitrogen and oxygen atoms in total. The average Bonchev–Trinajstić information content (AvgIpc) is 2.38. The highest BCUT2D eigenvalue weighted by molar-refractivity contribution is 6.33. The molecule has 7 heteroatoms. The number of para-hydroxylation sites is 1. The van der Waals surface area contributed by atoms with Crippen LogP contribution in [0.3, 0.4) is 0 Å². The molecule has 1 aromatic carbocycles. The van der Waals surface area contributed by atoms with Crippen molar-refractivity contribution in [2.24, 2.45) is 0 Å². The van der Waals surface area contributed by atoms with E-state index in [1.165, 1.54) is 12.1 Å². The van der Waals surface area contributed by atoms with Gasteiger partial charge in [-0.1, -0.05) is 17.7 Å². The lowest BCUT2D eigenvalue weighted by molar-refractivity contribution is -0.137. The second-order valence-corrected chi connectivity index (χ2v) is 4.45. The summed E-state index contributed by atoms with van der Waals surface area (Å²) in [4.78, 5) is 0. The van der Waals surface area contributed by atoms with Crippen molar-refractivity contribution in [1.29, 1.82) is 0 Å². The van der Waals surface area contributed by atoms with Crippen LogP contribution in [0.15, 0.2) is 18.2 Å². The van der Waals surface area contributed by atoms with Gasteiger partial charge in [0, 0.05) is 26.9 Å². The van der Waals surface area contributed by atoms with Gasteiger partial charge in [-0.25, -0.2) is 0 Å². The number of alkyl halides is 3. The minimum atomic E-state index is -4.44. The summed E-state index contributed by atoms with van der Waals surface area (Å²) in [5, 5.41) is 2.71. The molecule has 0 amide bonds. The molecule has 0 atom stereocenters. The van der Waals surface area contributed by atoms with E-state index in [1.807, 2.05) is 0 Å². The van der Waals surface area contributed by atoms with Gasteiger partial charge in [-0.05, 0) is 18.6 Å². The number of halogens is 4. The Bertz CT molecular complexity index is 413. The number of hydrogen-bond donors (Lipinski definition) is 1. The lowest BCUT2D eigenvalue weighted by atomic mass is 10.1. The molecule has 1 N–H and O–H groups in total. The Kier molecular flexibility index (Phi) is 7.12. The molecule has 1 rings (SSSR count). The summed E-state index contributed by atoms with van der Waals surface area (Å²) in [6, 6.07) is 3.68. The molecule has 0 saturated carbocycles. The Morgan fingerprint density at radius 2 is 1.95 bits per heavy atom. The molecule has 0 bridgehead atoms. The summed E-state index contributed by atoms with van der Waals surface area (Å²) in [5.74, 6) is 0. The number of benzene rings is 1. The van der Waals surface area contributed by atoms with Crippen molar-refractivity contribution in [3.05, 3.63) is 28.8 Å². The number of methoxy groups -OCH3 is 1. The maximum atomic E-state index is 12.8. The average molecular weight is 312 g/mol. The Hall–Kier alpha value is -0.980. The normalized spacial score (nSPS) is 11.7. The van der Waals surface area contributed by atoms with Gasteiger partial charge in [-0.3, -0.25) is 0 Å². The molecule has 0 aliphatic heterocycles. The minimum absolute atomic E-state index is 0.0409. The molecule has 0 aromatic heterocycles. The number of nitrogens with one attached hydrogen (secondary N) is 1. The predicted molar refractivity (Wildman–Crippen MR) is 72.3 cm³/mol. The highest BCUT2D eigenvalue weighted by atomic mass is 35.5. The first-order valence-corrected chi connectivity index (χ1v) is 6.51. The van der Waals surface area contributed by atoms with Crippen LogP contribution >= 0.6 is 11.6 Å². The number of ether oxygens (including phenoxy) is 2. The first-order valence-electron chi connectivity index (χ1n) is 6.13. The smallest absolute Gasteiger partial charge is 0.385 e. The summed E-state index contributed by atoms with van der Waals surface area (Å²) in [7, 11) is 1.59. The standard InChI is InChI=1S/C13H17ClF3NO2/c1-19-7-3-8-20-9-6-18-12-10(13(15,16)17)4-2-5-11(12)14/h2,4-5,18H,3,6-9H2,1H3. The lowest BCUT2D eigenvalue weighted by Gasteiger charge is -2.16. The zero-order valence-corrected chi connectivity index (χ0v) is 11.9. The van der Waals surface area contributed by atoms with Gasteiger partial charge in [-0.2, -0.15) is 13.2 Å². The van der Waals surface area contributed by atoms with Crippen molar-refractivity contribution in [2.75, 3.05) is 38.8 Å². The van der Waals surface area contributed by atoms with Gasteiger partial charge in [0.1, 0.15) is 0 Å².